The average Bonchev–Trinajstić information content (AvgIpc) is 2.79. The molecule has 2 aromatic carbocycles. The molecule has 0 amide bonds. The number of benzene rings is 2. The molecule has 1 saturated carbocycles. The van der Waals surface area contributed by atoms with E-state index in [9.17, 15) is 10.2 Å². The number of aryl methyl sites for hydroxylation is 2. The summed E-state index contributed by atoms with van der Waals surface area (Å²) in [7, 11) is 0. The molecule has 2 nitrogen and oxygen atoms in total. The molecule has 0 radical (unpaired) electrons. The van der Waals surface area contributed by atoms with E-state index in [0.717, 1.165) is 60.8 Å². The fourth-order valence-electron chi connectivity index (χ4n) is 6.57. The SMILES string of the molecule is CCC[C@@H](C)c1cc(C)cc(C(c2cc(C)cc([C@@H](C)CCC)c2O)C2CCCCCCC2)c1O. The quantitative estimate of drug-likeness (QED) is 0.376. The molecule has 3 rings (SSSR count). The Kier molecular flexibility index (Phi) is 10.1. The summed E-state index contributed by atoms with van der Waals surface area (Å²) >= 11 is 0. The molecule has 0 spiro atoms. The van der Waals surface area contributed by atoms with Crippen LogP contribution in [-0.4, -0.2) is 10.2 Å². The summed E-state index contributed by atoms with van der Waals surface area (Å²) in [6.45, 7) is 13.2. The first-order valence-corrected chi connectivity index (χ1v) is 14.4. The second-order valence-electron chi connectivity index (χ2n) is 11.5. The molecule has 0 bridgehead atoms. The van der Waals surface area contributed by atoms with Crippen molar-refractivity contribution in [1.82, 2.24) is 0 Å². The molecule has 194 valence electrons. The van der Waals surface area contributed by atoms with Gasteiger partial charge in [0.15, 0.2) is 0 Å². The normalized spacial score (nSPS) is 18.0. The van der Waals surface area contributed by atoms with Gasteiger partial charge in [0.25, 0.3) is 0 Å². The van der Waals surface area contributed by atoms with Crippen LogP contribution in [0.15, 0.2) is 24.3 Å². The lowest BCUT2D eigenvalue weighted by molar-refractivity contribution is 0.333. The Balaban J connectivity index is 2.23. The second-order valence-corrected chi connectivity index (χ2v) is 11.5. The van der Waals surface area contributed by atoms with Gasteiger partial charge in [-0.1, -0.05) is 108 Å². The number of aromatic hydroxyl groups is 2. The summed E-state index contributed by atoms with van der Waals surface area (Å²) in [4.78, 5) is 0. The highest BCUT2D eigenvalue weighted by atomic mass is 16.3. The van der Waals surface area contributed by atoms with E-state index < -0.39 is 0 Å². The topological polar surface area (TPSA) is 40.5 Å². The first-order chi connectivity index (χ1) is 16.8. The minimum Gasteiger partial charge on any atom is -0.507 e. The molecule has 0 saturated heterocycles. The van der Waals surface area contributed by atoms with Gasteiger partial charge in [-0.05, 0) is 68.4 Å². The van der Waals surface area contributed by atoms with Gasteiger partial charge >= 0.3 is 0 Å². The van der Waals surface area contributed by atoms with E-state index >= 15 is 0 Å². The lowest BCUT2D eigenvalue weighted by Gasteiger charge is -2.33. The third-order valence-corrected chi connectivity index (χ3v) is 8.42. The van der Waals surface area contributed by atoms with Crippen LogP contribution in [-0.2, 0) is 0 Å². The fraction of sp³-hybridized carbons (Fsp3) is 0.636. The van der Waals surface area contributed by atoms with Gasteiger partial charge in [0.1, 0.15) is 11.5 Å². The Morgan fingerprint density at radius 3 is 1.43 bits per heavy atom. The Hall–Kier alpha value is -1.96. The second kappa shape index (κ2) is 12.8. The molecule has 2 N–H and O–H groups in total. The lowest BCUT2D eigenvalue weighted by Crippen LogP contribution is -2.18. The van der Waals surface area contributed by atoms with Crippen LogP contribution in [0.2, 0.25) is 0 Å². The third-order valence-electron chi connectivity index (χ3n) is 8.42. The van der Waals surface area contributed by atoms with Gasteiger partial charge in [0.2, 0.25) is 0 Å². The smallest absolute Gasteiger partial charge is 0.122 e. The maximum absolute atomic E-state index is 11.7. The molecule has 1 fully saturated rings. The van der Waals surface area contributed by atoms with Crippen molar-refractivity contribution in [3.05, 3.63) is 57.6 Å². The molecular weight excluding hydrogens is 428 g/mol. The highest BCUT2D eigenvalue weighted by molar-refractivity contribution is 5.55. The van der Waals surface area contributed by atoms with Crippen molar-refractivity contribution in [2.75, 3.05) is 0 Å². The van der Waals surface area contributed by atoms with Crippen LogP contribution in [0.4, 0.5) is 0 Å². The molecule has 2 heteroatoms. The zero-order valence-electron chi connectivity index (χ0n) is 23.3. The predicted molar refractivity (Wildman–Crippen MR) is 150 cm³/mol. The van der Waals surface area contributed by atoms with Crippen molar-refractivity contribution >= 4 is 0 Å². The lowest BCUT2D eigenvalue weighted by atomic mass is 9.72. The minimum atomic E-state index is 0.0213. The molecule has 0 aromatic heterocycles. The Morgan fingerprint density at radius 1 is 0.657 bits per heavy atom. The monoisotopic (exact) mass is 478 g/mol. The summed E-state index contributed by atoms with van der Waals surface area (Å²) in [6.07, 6.45) is 13.0. The van der Waals surface area contributed by atoms with E-state index in [0.29, 0.717) is 29.3 Å². The van der Waals surface area contributed by atoms with Crippen LogP contribution in [0.25, 0.3) is 0 Å². The number of phenols is 2. The van der Waals surface area contributed by atoms with Crippen LogP contribution in [0.1, 0.15) is 149 Å². The van der Waals surface area contributed by atoms with E-state index in [1.54, 1.807) is 0 Å². The maximum Gasteiger partial charge on any atom is 0.122 e. The first-order valence-electron chi connectivity index (χ1n) is 14.4. The van der Waals surface area contributed by atoms with Crippen molar-refractivity contribution in [3.8, 4) is 11.5 Å². The first kappa shape index (κ1) is 27.6. The van der Waals surface area contributed by atoms with Gasteiger partial charge in [0, 0.05) is 17.0 Å². The Bertz CT molecular complexity index is 885. The van der Waals surface area contributed by atoms with E-state index in [-0.39, 0.29) is 5.92 Å². The predicted octanol–water partition coefficient (Wildman–Crippen LogP) is 10.0. The Labute approximate surface area is 215 Å². The summed E-state index contributed by atoms with van der Waals surface area (Å²) in [5, 5.41) is 23.5. The van der Waals surface area contributed by atoms with Crippen molar-refractivity contribution in [3.63, 3.8) is 0 Å². The van der Waals surface area contributed by atoms with E-state index in [2.05, 4.69) is 65.8 Å². The van der Waals surface area contributed by atoms with Crippen molar-refractivity contribution in [2.24, 2.45) is 5.92 Å². The van der Waals surface area contributed by atoms with Gasteiger partial charge in [-0.25, -0.2) is 0 Å². The summed E-state index contributed by atoms with van der Waals surface area (Å²) in [6, 6.07) is 8.77. The van der Waals surface area contributed by atoms with Crippen molar-refractivity contribution < 1.29 is 10.2 Å². The summed E-state index contributed by atoms with van der Waals surface area (Å²) in [5.74, 6) is 2.03. The average molecular weight is 479 g/mol. The molecule has 35 heavy (non-hydrogen) atoms. The molecule has 1 aliphatic rings. The molecule has 0 aliphatic heterocycles. The van der Waals surface area contributed by atoms with Crippen LogP contribution in [0, 0.1) is 19.8 Å². The number of rotatable bonds is 9. The molecule has 1 unspecified atom stereocenters. The van der Waals surface area contributed by atoms with E-state index in [4.69, 9.17) is 0 Å². The third kappa shape index (κ3) is 6.63. The van der Waals surface area contributed by atoms with Crippen LogP contribution < -0.4 is 0 Å². The van der Waals surface area contributed by atoms with Gasteiger partial charge in [-0.3, -0.25) is 0 Å². The maximum atomic E-state index is 11.7. The molecular formula is C33H50O2. The van der Waals surface area contributed by atoms with Gasteiger partial charge in [0.05, 0.1) is 0 Å². The Morgan fingerprint density at radius 2 is 1.03 bits per heavy atom. The zero-order chi connectivity index (χ0) is 25.5. The molecule has 2 aromatic rings. The molecule has 1 aliphatic carbocycles. The van der Waals surface area contributed by atoms with Crippen LogP contribution >= 0.6 is 0 Å². The number of phenolic OH excluding ortho intramolecular Hbond substituents is 2. The van der Waals surface area contributed by atoms with Crippen LogP contribution in [0.5, 0.6) is 11.5 Å². The summed E-state index contributed by atoms with van der Waals surface area (Å²) in [5.41, 5.74) is 6.62. The van der Waals surface area contributed by atoms with Crippen molar-refractivity contribution in [1.29, 1.82) is 0 Å². The van der Waals surface area contributed by atoms with Gasteiger partial charge < -0.3 is 10.2 Å². The van der Waals surface area contributed by atoms with E-state index in [1.807, 2.05) is 0 Å². The van der Waals surface area contributed by atoms with Crippen molar-refractivity contribution in [2.45, 2.75) is 130 Å². The van der Waals surface area contributed by atoms with Gasteiger partial charge in [-0.2, -0.15) is 0 Å². The minimum absolute atomic E-state index is 0.0213. The molecule has 0 heterocycles. The highest BCUT2D eigenvalue weighted by Gasteiger charge is 2.32. The van der Waals surface area contributed by atoms with E-state index in [1.165, 1.54) is 43.2 Å². The molecule has 3 atom stereocenters. The van der Waals surface area contributed by atoms with Gasteiger partial charge in [-0.15, -0.1) is 0 Å². The summed E-state index contributed by atoms with van der Waals surface area (Å²) < 4.78 is 0. The zero-order valence-corrected chi connectivity index (χ0v) is 23.3. The standard InChI is InChI=1S/C33H50O2/c1-7-14-24(5)27-18-22(3)20-29(32(27)34)31(26-16-12-10-9-11-13-17-26)30-21-23(4)19-28(33(30)35)25(6)15-8-2/h18-21,24-26,31,34-35H,7-17H2,1-6H3/t24-,25+,31?. The fourth-order valence-corrected chi connectivity index (χ4v) is 6.57. The largest absolute Gasteiger partial charge is 0.507 e. The highest BCUT2D eigenvalue weighted by Crippen LogP contribution is 2.49. The number of hydrogen-bond donors (Lipinski definition) is 2. The van der Waals surface area contributed by atoms with Crippen LogP contribution in [0.3, 0.4) is 0 Å². The number of hydrogen-bond acceptors (Lipinski definition) is 2.